The van der Waals surface area contributed by atoms with Crippen molar-refractivity contribution in [2.75, 3.05) is 13.1 Å². The molecule has 238 valence electrons. The molecular formula is C34H40F3N7O. The number of hydrogen-bond acceptors (Lipinski definition) is 5. The van der Waals surface area contributed by atoms with E-state index in [4.69, 9.17) is 9.97 Å². The Morgan fingerprint density at radius 3 is 2.73 bits per heavy atom. The number of fused-ring (bicyclic) bond motifs is 3. The average molecular weight is 620 g/mol. The summed E-state index contributed by atoms with van der Waals surface area (Å²) in [5, 5.41) is 10.4. The molecule has 2 bridgehead atoms. The lowest BCUT2D eigenvalue weighted by Crippen LogP contribution is -2.50. The normalized spacial score (nSPS) is 27.5. The average Bonchev–Trinajstić information content (AvgIpc) is 3.96. The Kier molecular flexibility index (Phi) is 7.36. The van der Waals surface area contributed by atoms with Gasteiger partial charge in [-0.3, -0.25) is 4.79 Å². The van der Waals surface area contributed by atoms with Crippen LogP contribution in [0.25, 0.3) is 33.6 Å². The molecule has 3 N–H and O–H groups in total. The maximum atomic E-state index is 16.0. The van der Waals surface area contributed by atoms with Gasteiger partial charge in [0.05, 0.1) is 29.0 Å². The van der Waals surface area contributed by atoms with E-state index < -0.39 is 23.8 Å². The van der Waals surface area contributed by atoms with Crippen molar-refractivity contribution in [2.45, 2.75) is 95.7 Å². The fourth-order valence-corrected chi connectivity index (χ4v) is 7.44. The number of aromatic nitrogens is 4. The van der Waals surface area contributed by atoms with Gasteiger partial charge in [-0.25, -0.2) is 23.1 Å². The number of benzene rings is 1. The molecule has 2 aliphatic carbocycles. The highest BCUT2D eigenvalue weighted by Crippen LogP contribution is 2.45. The number of nitrogens with one attached hydrogen (secondary N) is 3. The van der Waals surface area contributed by atoms with Gasteiger partial charge in [0.2, 0.25) is 5.91 Å². The van der Waals surface area contributed by atoms with Crippen LogP contribution in [-0.4, -0.2) is 50.3 Å². The first-order chi connectivity index (χ1) is 21.9. The number of alkyl halides is 1. The van der Waals surface area contributed by atoms with Crippen LogP contribution in [0.2, 0.25) is 0 Å². The number of carbonyl (C=O) groups is 1. The summed E-state index contributed by atoms with van der Waals surface area (Å²) in [7, 11) is 0. The summed E-state index contributed by atoms with van der Waals surface area (Å²) >= 11 is 0. The number of imidazole rings is 1. The first-order valence-corrected chi connectivity index (χ1v) is 16.6. The molecule has 3 aromatic heterocycles. The molecule has 0 unspecified atom stereocenters. The Morgan fingerprint density at radius 2 is 1.91 bits per heavy atom. The van der Waals surface area contributed by atoms with Crippen LogP contribution in [0.4, 0.5) is 13.2 Å². The van der Waals surface area contributed by atoms with E-state index in [1.807, 2.05) is 23.6 Å². The molecule has 4 aromatic rings. The highest BCUT2D eigenvalue weighted by molar-refractivity contribution is 5.87. The summed E-state index contributed by atoms with van der Waals surface area (Å²) in [6, 6.07) is 7.01. The molecular weight excluding hydrogens is 579 g/mol. The van der Waals surface area contributed by atoms with Crippen molar-refractivity contribution in [2.24, 2.45) is 11.8 Å². The summed E-state index contributed by atoms with van der Waals surface area (Å²) < 4.78 is 50.0. The third-order valence-electron chi connectivity index (χ3n) is 10.3. The standard InChI is InChI=1S/C34H40F3N7O/c1-18-25-9-6-20-15-28(43(32(20)41-25)12-4-2-3-5-19-13-23(19)34(45)40-18)33-42-26-14-21(16-39-27-17-38-11-10-24(27)35)29(36)30(37)31(26)44(33)22-7-8-22/h6,9,14-15,18-19,22-24,27,38-39H,2-5,7-8,10-13,16-17H2,1H3,(H,40,45)/t18-,19-,23-,24+,27+/m1/s1. The Hall–Kier alpha value is -3.44. The summed E-state index contributed by atoms with van der Waals surface area (Å²) in [6.45, 7) is 3.77. The second kappa shape index (κ2) is 11.4. The predicted octanol–water partition coefficient (Wildman–Crippen LogP) is 5.84. The zero-order valence-corrected chi connectivity index (χ0v) is 25.6. The largest absolute Gasteiger partial charge is 0.348 e. The first kappa shape index (κ1) is 29.0. The van der Waals surface area contributed by atoms with E-state index in [2.05, 4.69) is 26.6 Å². The summed E-state index contributed by atoms with van der Waals surface area (Å²) in [4.78, 5) is 22.9. The van der Waals surface area contributed by atoms with E-state index in [0.29, 0.717) is 36.8 Å². The number of halogens is 3. The van der Waals surface area contributed by atoms with E-state index in [1.54, 1.807) is 6.07 Å². The van der Waals surface area contributed by atoms with Crippen LogP contribution in [0.1, 0.15) is 81.6 Å². The second-order valence-electron chi connectivity index (χ2n) is 13.6. The summed E-state index contributed by atoms with van der Waals surface area (Å²) in [5.74, 6) is -0.501. The minimum absolute atomic E-state index is 0.0143. The van der Waals surface area contributed by atoms with Crippen LogP contribution in [0.15, 0.2) is 24.3 Å². The van der Waals surface area contributed by atoms with Gasteiger partial charge in [-0.1, -0.05) is 12.8 Å². The van der Waals surface area contributed by atoms with Crippen molar-refractivity contribution >= 4 is 28.0 Å². The van der Waals surface area contributed by atoms with E-state index in [-0.39, 0.29) is 41.5 Å². The van der Waals surface area contributed by atoms with Gasteiger partial charge in [-0.2, -0.15) is 0 Å². The molecule has 1 saturated heterocycles. The number of pyridine rings is 1. The topological polar surface area (TPSA) is 88.8 Å². The maximum absolute atomic E-state index is 16.0. The van der Waals surface area contributed by atoms with Crippen LogP contribution < -0.4 is 16.0 Å². The molecule has 8 nitrogen and oxygen atoms in total. The lowest BCUT2D eigenvalue weighted by atomic mass is 10.0. The molecule has 1 aromatic carbocycles. The Labute approximate surface area is 260 Å². The third kappa shape index (κ3) is 5.31. The van der Waals surface area contributed by atoms with Crippen molar-refractivity contribution in [3.05, 3.63) is 47.2 Å². The number of nitrogens with zero attached hydrogens (tertiary/aromatic N) is 4. The highest BCUT2D eigenvalue weighted by atomic mass is 19.2. The van der Waals surface area contributed by atoms with E-state index in [9.17, 15) is 9.18 Å². The van der Waals surface area contributed by atoms with Crippen molar-refractivity contribution < 1.29 is 18.0 Å². The molecule has 8 rings (SSSR count). The minimum Gasteiger partial charge on any atom is -0.348 e. The Balaban J connectivity index is 1.20. The van der Waals surface area contributed by atoms with Gasteiger partial charge in [0.15, 0.2) is 17.5 Å². The van der Waals surface area contributed by atoms with Crippen LogP contribution in [0.5, 0.6) is 0 Å². The minimum atomic E-state index is -1.03. The second-order valence-corrected chi connectivity index (χ2v) is 13.6. The van der Waals surface area contributed by atoms with Gasteiger partial charge in [0.1, 0.15) is 17.3 Å². The quantitative estimate of drug-likeness (QED) is 0.261. The van der Waals surface area contributed by atoms with Gasteiger partial charge >= 0.3 is 0 Å². The monoisotopic (exact) mass is 619 g/mol. The van der Waals surface area contributed by atoms with Crippen LogP contribution in [0, 0.1) is 23.5 Å². The molecule has 45 heavy (non-hydrogen) atoms. The number of hydrogen-bond donors (Lipinski definition) is 3. The molecule has 0 spiro atoms. The van der Waals surface area contributed by atoms with Crippen molar-refractivity contribution in [1.82, 2.24) is 35.1 Å². The number of piperidine rings is 1. The smallest absolute Gasteiger partial charge is 0.223 e. The van der Waals surface area contributed by atoms with Crippen molar-refractivity contribution in [1.29, 1.82) is 0 Å². The lowest BCUT2D eigenvalue weighted by Gasteiger charge is -2.27. The zero-order chi connectivity index (χ0) is 30.8. The summed E-state index contributed by atoms with van der Waals surface area (Å²) in [5.41, 5.74) is 3.15. The van der Waals surface area contributed by atoms with Gasteiger partial charge in [-0.05, 0) is 82.2 Å². The van der Waals surface area contributed by atoms with Gasteiger partial charge < -0.3 is 25.1 Å². The van der Waals surface area contributed by atoms with E-state index in [0.717, 1.165) is 73.9 Å². The van der Waals surface area contributed by atoms with Crippen LogP contribution in [-0.2, 0) is 17.9 Å². The molecule has 0 radical (unpaired) electrons. The number of rotatable bonds is 5. The van der Waals surface area contributed by atoms with E-state index in [1.165, 1.54) is 0 Å². The highest BCUT2D eigenvalue weighted by Gasteiger charge is 2.42. The predicted molar refractivity (Wildman–Crippen MR) is 166 cm³/mol. The zero-order valence-electron chi connectivity index (χ0n) is 25.6. The van der Waals surface area contributed by atoms with Crippen LogP contribution >= 0.6 is 0 Å². The molecule has 2 saturated carbocycles. The Morgan fingerprint density at radius 1 is 1.04 bits per heavy atom. The lowest BCUT2D eigenvalue weighted by molar-refractivity contribution is -0.123. The number of aryl methyl sites for hydroxylation is 1. The molecule has 5 atom stereocenters. The number of carbonyl (C=O) groups excluding carboxylic acids is 1. The molecule has 5 heterocycles. The van der Waals surface area contributed by atoms with E-state index >= 15 is 8.78 Å². The fourth-order valence-electron chi connectivity index (χ4n) is 7.44. The first-order valence-electron chi connectivity index (χ1n) is 16.6. The van der Waals surface area contributed by atoms with Gasteiger partial charge in [-0.15, -0.1) is 0 Å². The third-order valence-corrected chi connectivity index (χ3v) is 10.3. The molecule has 4 aliphatic rings. The maximum Gasteiger partial charge on any atom is 0.223 e. The van der Waals surface area contributed by atoms with Crippen LogP contribution in [0.3, 0.4) is 0 Å². The number of amides is 1. The Bertz CT molecular complexity index is 1780. The summed E-state index contributed by atoms with van der Waals surface area (Å²) in [6.07, 6.45) is 6.17. The van der Waals surface area contributed by atoms with Crippen molar-refractivity contribution in [3.63, 3.8) is 0 Å². The SMILES string of the molecule is C[C@H]1NC(=O)[C@@H]2C[C@H]2CCCCCn2c(-c3nc4cc(CN[C@H]5CNCC[C@@H]5F)c(F)c(F)c4n3C3CC3)cc3ccc1nc32. The molecule has 11 heteroatoms. The fraction of sp³-hybridized carbons (Fsp3) is 0.559. The molecule has 3 fully saturated rings. The van der Waals surface area contributed by atoms with Gasteiger partial charge in [0, 0.05) is 42.5 Å². The molecule has 1 amide bonds. The molecule has 2 aliphatic heterocycles. The van der Waals surface area contributed by atoms with Crippen molar-refractivity contribution in [3.8, 4) is 11.5 Å². The van der Waals surface area contributed by atoms with Gasteiger partial charge in [0.25, 0.3) is 0 Å².